The first kappa shape index (κ1) is 20.8. The largest absolute Gasteiger partial charge is 0.351 e. The molecule has 9 heteroatoms. The summed E-state index contributed by atoms with van der Waals surface area (Å²) >= 11 is 11.2. The van der Waals surface area contributed by atoms with Gasteiger partial charge in [0.1, 0.15) is 5.02 Å². The molecule has 0 unspecified atom stereocenters. The molecule has 1 aliphatic heterocycles. The van der Waals surface area contributed by atoms with E-state index in [0.29, 0.717) is 27.6 Å². The van der Waals surface area contributed by atoms with Crippen molar-refractivity contribution in [3.63, 3.8) is 0 Å². The predicted molar refractivity (Wildman–Crippen MR) is 117 cm³/mol. The number of amides is 1. The number of halogens is 1. The summed E-state index contributed by atoms with van der Waals surface area (Å²) in [5.74, 6) is -0.332. The molecule has 0 saturated carbocycles. The maximum absolute atomic E-state index is 13.2. The molecule has 0 aromatic heterocycles. The molecule has 3 N–H and O–H groups in total. The average Bonchev–Trinajstić information content (AvgIpc) is 2.64. The predicted octanol–water partition coefficient (Wildman–Crippen LogP) is 4.30. The first-order chi connectivity index (χ1) is 13.7. The zero-order chi connectivity index (χ0) is 21.3. The maximum Gasteiger partial charge on any atom is 0.288 e. The monoisotopic (exact) mass is 430 g/mol. The fourth-order valence-electron chi connectivity index (χ4n) is 3.15. The van der Waals surface area contributed by atoms with Gasteiger partial charge in [0.2, 0.25) is 0 Å². The first-order valence-electron chi connectivity index (χ1n) is 8.78. The Labute approximate surface area is 178 Å². The molecular formula is C20H19ClN4O3S. The van der Waals surface area contributed by atoms with E-state index < -0.39 is 11.0 Å². The number of carbonyl (C=O) groups is 1. The molecule has 2 aromatic rings. The van der Waals surface area contributed by atoms with Crippen molar-refractivity contribution in [2.45, 2.75) is 26.8 Å². The molecule has 3 rings (SSSR count). The van der Waals surface area contributed by atoms with Crippen molar-refractivity contribution in [2.75, 3.05) is 5.32 Å². The van der Waals surface area contributed by atoms with Gasteiger partial charge in [-0.1, -0.05) is 29.8 Å². The van der Waals surface area contributed by atoms with Gasteiger partial charge in [-0.15, -0.1) is 0 Å². The molecule has 0 bridgehead atoms. The van der Waals surface area contributed by atoms with Crippen molar-refractivity contribution in [1.29, 1.82) is 0 Å². The van der Waals surface area contributed by atoms with Crippen LogP contribution < -0.4 is 16.0 Å². The normalized spacial score (nSPS) is 16.1. The molecule has 1 amide bonds. The number of rotatable bonds is 4. The van der Waals surface area contributed by atoms with E-state index in [0.717, 1.165) is 11.1 Å². The molecule has 0 radical (unpaired) electrons. The molecule has 29 heavy (non-hydrogen) atoms. The smallest absolute Gasteiger partial charge is 0.288 e. The van der Waals surface area contributed by atoms with Gasteiger partial charge in [0.25, 0.3) is 11.6 Å². The zero-order valence-electron chi connectivity index (χ0n) is 16.0. The van der Waals surface area contributed by atoms with Gasteiger partial charge >= 0.3 is 0 Å². The van der Waals surface area contributed by atoms with E-state index in [1.807, 2.05) is 32.0 Å². The third kappa shape index (κ3) is 4.38. The van der Waals surface area contributed by atoms with Crippen LogP contribution >= 0.6 is 23.8 Å². The van der Waals surface area contributed by atoms with Crippen LogP contribution in [0.2, 0.25) is 5.02 Å². The fraction of sp³-hybridized carbons (Fsp3) is 0.200. The summed E-state index contributed by atoms with van der Waals surface area (Å²) in [5, 5.41) is 20.5. The van der Waals surface area contributed by atoms with Crippen molar-refractivity contribution < 1.29 is 9.72 Å². The van der Waals surface area contributed by atoms with Crippen LogP contribution in [-0.2, 0) is 4.79 Å². The van der Waals surface area contributed by atoms with E-state index in [4.69, 9.17) is 23.8 Å². The average molecular weight is 431 g/mol. The molecule has 1 heterocycles. The summed E-state index contributed by atoms with van der Waals surface area (Å²) in [6, 6.07) is 9.55. The number of carbonyl (C=O) groups excluding carboxylic acids is 1. The number of allylic oxidation sites excluding steroid dienone is 1. The van der Waals surface area contributed by atoms with Crippen LogP contribution in [0.5, 0.6) is 0 Å². The van der Waals surface area contributed by atoms with Crippen LogP contribution in [0, 0.1) is 24.0 Å². The van der Waals surface area contributed by atoms with Gasteiger partial charge in [-0.3, -0.25) is 14.9 Å². The Hall–Kier alpha value is -2.97. The number of nitrogens with one attached hydrogen (secondary N) is 3. The minimum atomic E-state index is -0.662. The second-order valence-electron chi connectivity index (χ2n) is 6.81. The van der Waals surface area contributed by atoms with E-state index >= 15 is 0 Å². The Balaban J connectivity index is 2.02. The number of thiocarbonyl (C=S) groups is 1. The molecule has 2 aromatic carbocycles. The summed E-state index contributed by atoms with van der Waals surface area (Å²) < 4.78 is 0. The summed E-state index contributed by atoms with van der Waals surface area (Å²) in [4.78, 5) is 23.9. The van der Waals surface area contributed by atoms with E-state index in [-0.39, 0.29) is 16.6 Å². The molecule has 0 aliphatic carbocycles. The Morgan fingerprint density at radius 1 is 1.21 bits per heavy atom. The molecule has 150 valence electrons. The highest BCUT2D eigenvalue weighted by molar-refractivity contribution is 7.80. The number of nitro benzene ring substituents is 1. The molecule has 1 aliphatic rings. The SMILES string of the molecule is CC1=C(C(=O)Nc2cc(C)ccc2C)[C@H](c2ccc(Cl)c([N+](=O)[O-])c2)NC(=S)N1. The summed E-state index contributed by atoms with van der Waals surface area (Å²) in [7, 11) is 0. The second kappa shape index (κ2) is 8.18. The van der Waals surface area contributed by atoms with Gasteiger partial charge < -0.3 is 16.0 Å². The number of hydrogen-bond donors (Lipinski definition) is 3. The first-order valence-corrected chi connectivity index (χ1v) is 9.56. The summed E-state index contributed by atoms with van der Waals surface area (Å²) in [5.41, 5.74) is 3.87. The van der Waals surface area contributed by atoms with Crippen molar-refractivity contribution in [2.24, 2.45) is 0 Å². The van der Waals surface area contributed by atoms with Crippen molar-refractivity contribution in [1.82, 2.24) is 10.6 Å². The highest BCUT2D eigenvalue weighted by Gasteiger charge is 2.31. The maximum atomic E-state index is 13.2. The Morgan fingerprint density at radius 3 is 2.62 bits per heavy atom. The molecule has 7 nitrogen and oxygen atoms in total. The molecule has 1 atom stereocenters. The third-order valence-corrected chi connectivity index (χ3v) is 5.19. The quantitative estimate of drug-likeness (QED) is 0.380. The lowest BCUT2D eigenvalue weighted by atomic mass is 9.94. The lowest BCUT2D eigenvalue weighted by Crippen LogP contribution is -2.45. The Kier molecular flexibility index (Phi) is 5.86. The minimum Gasteiger partial charge on any atom is -0.351 e. The molecule has 0 fully saturated rings. The van der Waals surface area contributed by atoms with Gasteiger partial charge in [0, 0.05) is 17.5 Å². The number of aryl methyl sites for hydroxylation is 2. The van der Waals surface area contributed by atoms with Crippen LogP contribution in [0.4, 0.5) is 11.4 Å². The summed E-state index contributed by atoms with van der Waals surface area (Å²) in [6.45, 7) is 5.59. The van der Waals surface area contributed by atoms with Crippen molar-refractivity contribution in [3.8, 4) is 0 Å². The van der Waals surface area contributed by atoms with Crippen LogP contribution in [-0.4, -0.2) is 15.9 Å². The summed E-state index contributed by atoms with van der Waals surface area (Å²) in [6.07, 6.45) is 0. The van der Waals surface area contributed by atoms with Crippen LogP contribution in [0.3, 0.4) is 0 Å². The second-order valence-corrected chi connectivity index (χ2v) is 7.63. The molecule has 0 saturated heterocycles. The Morgan fingerprint density at radius 2 is 1.93 bits per heavy atom. The fourth-order valence-corrected chi connectivity index (χ4v) is 3.61. The number of anilines is 1. The van der Waals surface area contributed by atoms with Crippen LogP contribution in [0.25, 0.3) is 0 Å². The lowest BCUT2D eigenvalue weighted by Gasteiger charge is -2.30. The third-order valence-electron chi connectivity index (χ3n) is 4.66. The number of nitrogens with zero attached hydrogens (tertiary/aromatic N) is 1. The van der Waals surface area contributed by atoms with Gasteiger partial charge in [0.05, 0.1) is 16.5 Å². The number of hydrogen-bond acceptors (Lipinski definition) is 4. The number of benzene rings is 2. The van der Waals surface area contributed by atoms with Crippen molar-refractivity contribution >= 4 is 46.2 Å². The molecular weight excluding hydrogens is 412 g/mol. The standard InChI is InChI=1S/C20H19ClN4O3S/c1-10-4-5-11(2)15(8-10)23-19(26)17-12(3)22-20(29)24-18(17)13-6-7-14(21)16(9-13)25(27)28/h4-9,18H,1-3H3,(H,23,26)(H2,22,24,29)/t18-/m0/s1. The van der Waals surface area contributed by atoms with Gasteiger partial charge in [0.15, 0.2) is 5.11 Å². The van der Waals surface area contributed by atoms with Gasteiger partial charge in [-0.2, -0.15) is 0 Å². The minimum absolute atomic E-state index is 0.0253. The number of nitro groups is 1. The van der Waals surface area contributed by atoms with Crippen molar-refractivity contribution in [3.05, 3.63) is 79.5 Å². The van der Waals surface area contributed by atoms with Gasteiger partial charge in [-0.25, -0.2) is 0 Å². The van der Waals surface area contributed by atoms with Crippen LogP contribution in [0.15, 0.2) is 47.7 Å². The van der Waals surface area contributed by atoms with E-state index in [1.54, 1.807) is 13.0 Å². The highest BCUT2D eigenvalue weighted by atomic mass is 35.5. The van der Waals surface area contributed by atoms with E-state index in [9.17, 15) is 14.9 Å². The highest BCUT2D eigenvalue weighted by Crippen LogP contribution is 2.33. The topological polar surface area (TPSA) is 96.3 Å². The van der Waals surface area contributed by atoms with E-state index in [2.05, 4.69) is 16.0 Å². The van der Waals surface area contributed by atoms with E-state index in [1.165, 1.54) is 12.1 Å². The zero-order valence-corrected chi connectivity index (χ0v) is 17.6. The van der Waals surface area contributed by atoms with Gasteiger partial charge in [-0.05, 0) is 61.8 Å². The van der Waals surface area contributed by atoms with Crippen LogP contribution in [0.1, 0.15) is 29.7 Å². The lowest BCUT2D eigenvalue weighted by molar-refractivity contribution is -0.384. The Bertz CT molecular complexity index is 1070. The molecule has 0 spiro atoms.